The Kier molecular flexibility index (Phi) is 8.87. The van der Waals surface area contributed by atoms with E-state index in [0.29, 0.717) is 12.2 Å². The monoisotopic (exact) mass is 454 g/mol. The lowest BCUT2D eigenvalue weighted by Crippen LogP contribution is -2.52. The number of hydrogen-bond acceptors (Lipinski definition) is 3. The summed E-state index contributed by atoms with van der Waals surface area (Å²) in [6.45, 7) is 5.90. The van der Waals surface area contributed by atoms with Crippen molar-refractivity contribution >= 4 is 11.8 Å². The first-order valence-corrected chi connectivity index (χ1v) is 11.9. The van der Waals surface area contributed by atoms with E-state index in [0.717, 1.165) is 42.4 Å². The van der Waals surface area contributed by atoms with E-state index in [2.05, 4.69) is 5.32 Å². The van der Waals surface area contributed by atoms with E-state index >= 15 is 0 Å². The molecule has 178 valence electrons. The highest BCUT2D eigenvalue weighted by atomic mass is 19.1. The van der Waals surface area contributed by atoms with Crippen molar-refractivity contribution in [2.75, 3.05) is 6.61 Å². The van der Waals surface area contributed by atoms with Crippen molar-refractivity contribution in [3.05, 3.63) is 65.0 Å². The summed E-state index contributed by atoms with van der Waals surface area (Å²) in [4.78, 5) is 28.1. The lowest BCUT2D eigenvalue weighted by Gasteiger charge is -2.32. The van der Waals surface area contributed by atoms with Crippen LogP contribution < -0.4 is 10.1 Å². The van der Waals surface area contributed by atoms with Gasteiger partial charge in [0, 0.05) is 12.6 Å². The van der Waals surface area contributed by atoms with Gasteiger partial charge in [-0.25, -0.2) is 4.39 Å². The highest BCUT2D eigenvalue weighted by Crippen LogP contribution is 2.20. The minimum Gasteiger partial charge on any atom is -0.484 e. The number of carbonyl (C=O) groups excluding carboxylic acids is 2. The van der Waals surface area contributed by atoms with Crippen LogP contribution in [0.4, 0.5) is 4.39 Å². The van der Waals surface area contributed by atoms with Gasteiger partial charge in [-0.3, -0.25) is 9.59 Å². The summed E-state index contributed by atoms with van der Waals surface area (Å²) in [6.07, 6.45) is 5.87. The number of amides is 2. The SMILES string of the molecule is CC[C@@H](C(=O)NC1CCCCC1)N(Cc1ccc(F)cc1)C(=O)COc1cc(C)cc(C)c1. The molecule has 6 heteroatoms. The average Bonchev–Trinajstić information content (AvgIpc) is 2.78. The Hall–Kier alpha value is -2.89. The van der Waals surface area contributed by atoms with Crippen molar-refractivity contribution in [2.24, 2.45) is 0 Å². The van der Waals surface area contributed by atoms with Crippen molar-refractivity contribution in [1.29, 1.82) is 0 Å². The molecule has 0 bridgehead atoms. The van der Waals surface area contributed by atoms with Gasteiger partial charge in [0.05, 0.1) is 0 Å². The van der Waals surface area contributed by atoms with Gasteiger partial charge in [-0.05, 0) is 74.1 Å². The molecule has 0 heterocycles. The topological polar surface area (TPSA) is 58.6 Å². The smallest absolute Gasteiger partial charge is 0.261 e. The van der Waals surface area contributed by atoms with Gasteiger partial charge in [0.1, 0.15) is 17.6 Å². The molecule has 2 aromatic rings. The summed E-state index contributed by atoms with van der Waals surface area (Å²) in [5.74, 6) is -0.116. The van der Waals surface area contributed by atoms with Crippen molar-refractivity contribution in [3.63, 3.8) is 0 Å². The number of benzene rings is 2. The number of rotatable bonds is 9. The van der Waals surface area contributed by atoms with Gasteiger partial charge in [-0.2, -0.15) is 0 Å². The molecule has 1 N–H and O–H groups in total. The van der Waals surface area contributed by atoms with Crippen LogP contribution in [0.15, 0.2) is 42.5 Å². The number of nitrogens with zero attached hydrogens (tertiary/aromatic N) is 1. The van der Waals surface area contributed by atoms with Crippen LogP contribution in [0, 0.1) is 19.7 Å². The van der Waals surface area contributed by atoms with E-state index in [4.69, 9.17) is 4.74 Å². The minimum atomic E-state index is -0.618. The van der Waals surface area contributed by atoms with Crippen LogP contribution in [0.2, 0.25) is 0 Å². The summed E-state index contributed by atoms with van der Waals surface area (Å²) in [5, 5.41) is 3.16. The second-order valence-corrected chi connectivity index (χ2v) is 9.03. The Morgan fingerprint density at radius 2 is 1.70 bits per heavy atom. The second kappa shape index (κ2) is 11.8. The largest absolute Gasteiger partial charge is 0.484 e. The van der Waals surface area contributed by atoms with E-state index in [1.54, 1.807) is 17.0 Å². The number of halogens is 1. The third kappa shape index (κ3) is 7.31. The summed E-state index contributed by atoms with van der Waals surface area (Å²) >= 11 is 0. The fourth-order valence-corrected chi connectivity index (χ4v) is 4.49. The molecule has 0 aromatic heterocycles. The van der Waals surface area contributed by atoms with Gasteiger partial charge < -0.3 is 15.0 Å². The van der Waals surface area contributed by atoms with Crippen LogP contribution in [-0.4, -0.2) is 35.4 Å². The fourth-order valence-electron chi connectivity index (χ4n) is 4.49. The maximum Gasteiger partial charge on any atom is 0.261 e. The van der Waals surface area contributed by atoms with Gasteiger partial charge >= 0.3 is 0 Å². The van der Waals surface area contributed by atoms with Gasteiger partial charge in [0.15, 0.2) is 6.61 Å². The average molecular weight is 455 g/mol. The van der Waals surface area contributed by atoms with Crippen LogP contribution in [0.5, 0.6) is 5.75 Å². The normalized spacial score (nSPS) is 15.0. The number of aryl methyl sites for hydroxylation is 2. The Labute approximate surface area is 196 Å². The first-order valence-electron chi connectivity index (χ1n) is 11.9. The zero-order valence-electron chi connectivity index (χ0n) is 19.9. The van der Waals surface area contributed by atoms with Gasteiger partial charge in [0.25, 0.3) is 5.91 Å². The van der Waals surface area contributed by atoms with Crippen LogP contribution in [-0.2, 0) is 16.1 Å². The molecule has 2 aromatic carbocycles. The molecule has 0 saturated heterocycles. The van der Waals surface area contributed by atoms with Crippen molar-refractivity contribution < 1.29 is 18.7 Å². The Bertz CT molecular complexity index is 919. The molecule has 1 aliphatic carbocycles. The molecule has 5 nitrogen and oxygen atoms in total. The van der Waals surface area contributed by atoms with Crippen LogP contribution in [0.25, 0.3) is 0 Å². The number of carbonyl (C=O) groups is 2. The second-order valence-electron chi connectivity index (χ2n) is 9.03. The molecule has 0 spiro atoms. The molecule has 1 aliphatic rings. The minimum absolute atomic E-state index is 0.133. The van der Waals surface area contributed by atoms with E-state index < -0.39 is 6.04 Å². The summed E-state index contributed by atoms with van der Waals surface area (Å²) in [6, 6.07) is 11.4. The molecule has 0 radical (unpaired) electrons. The van der Waals surface area contributed by atoms with Gasteiger partial charge in [-0.15, -0.1) is 0 Å². The molecule has 33 heavy (non-hydrogen) atoms. The van der Waals surface area contributed by atoms with Crippen molar-refractivity contribution in [2.45, 2.75) is 77.9 Å². The van der Waals surface area contributed by atoms with Crippen molar-refractivity contribution in [3.8, 4) is 5.75 Å². The molecular formula is C27H35FN2O3. The number of hydrogen-bond donors (Lipinski definition) is 1. The summed E-state index contributed by atoms with van der Waals surface area (Å²) in [7, 11) is 0. The maximum absolute atomic E-state index is 13.4. The number of nitrogens with one attached hydrogen (secondary N) is 1. The van der Waals surface area contributed by atoms with E-state index in [9.17, 15) is 14.0 Å². The zero-order chi connectivity index (χ0) is 23.8. The lowest BCUT2D eigenvalue weighted by atomic mass is 9.95. The van der Waals surface area contributed by atoms with Gasteiger partial charge in [0.2, 0.25) is 5.91 Å². The zero-order valence-corrected chi connectivity index (χ0v) is 19.9. The molecule has 1 fully saturated rings. The first-order chi connectivity index (χ1) is 15.9. The first kappa shape index (κ1) is 24.7. The molecule has 3 rings (SSSR count). The van der Waals surface area contributed by atoms with Crippen LogP contribution in [0.3, 0.4) is 0 Å². The predicted octanol–water partition coefficient (Wildman–Crippen LogP) is 5.08. The van der Waals surface area contributed by atoms with E-state index in [1.165, 1.54) is 18.6 Å². The van der Waals surface area contributed by atoms with Crippen LogP contribution >= 0.6 is 0 Å². The highest BCUT2D eigenvalue weighted by molar-refractivity contribution is 5.88. The predicted molar refractivity (Wildman–Crippen MR) is 127 cm³/mol. The quantitative estimate of drug-likeness (QED) is 0.575. The molecule has 0 aliphatic heterocycles. The molecule has 0 unspecified atom stereocenters. The number of ether oxygens (including phenoxy) is 1. The fraction of sp³-hybridized carbons (Fsp3) is 0.481. The van der Waals surface area contributed by atoms with E-state index in [1.807, 2.05) is 39.0 Å². The lowest BCUT2D eigenvalue weighted by molar-refractivity contribution is -0.143. The highest BCUT2D eigenvalue weighted by Gasteiger charge is 2.30. The van der Waals surface area contributed by atoms with Gasteiger partial charge in [-0.1, -0.05) is 44.4 Å². The van der Waals surface area contributed by atoms with Crippen LogP contribution in [0.1, 0.15) is 62.1 Å². The maximum atomic E-state index is 13.4. The molecule has 1 atom stereocenters. The Morgan fingerprint density at radius 3 is 2.30 bits per heavy atom. The summed E-state index contributed by atoms with van der Waals surface area (Å²) < 4.78 is 19.2. The van der Waals surface area contributed by atoms with Crippen molar-refractivity contribution in [1.82, 2.24) is 10.2 Å². The van der Waals surface area contributed by atoms with E-state index in [-0.39, 0.29) is 36.8 Å². The molecule has 2 amide bonds. The summed E-state index contributed by atoms with van der Waals surface area (Å²) in [5.41, 5.74) is 2.87. The standard InChI is InChI=1S/C27H35FN2O3/c1-4-25(27(32)29-23-8-6-5-7-9-23)30(17-21-10-12-22(28)13-11-21)26(31)18-33-24-15-19(2)14-20(3)16-24/h10-16,23,25H,4-9,17-18H2,1-3H3,(H,29,32)/t25-/m0/s1. The third-order valence-corrected chi connectivity index (χ3v) is 6.16. The molecular weight excluding hydrogens is 419 g/mol. The Balaban J connectivity index is 1.76. The molecule has 1 saturated carbocycles. The Morgan fingerprint density at radius 1 is 1.06 bits per heavy atom. The third-order valence-electron chi connectivity index (χ3n) is 6.16.